The average molecular weight is 400 g/mol. The van der Waals surface area contributed by atoms with Gasteiger partial charge >= 0.3 is 0 Å². The van der Waals surface area contributed by atoms with Gasteiger partial charge < -0.3 is 10.2 Å². The van der Waals surface area contributed by atoms with Gasteiger partial charge in [0, 0.05) is 36.5 Å². The first-order chi connectivity index (χ1) is 12.3. The number of hydrogen-bond donors (Lipinski definition) is 2. The highest BCUT2D eigenvalue weighted by molar-refractivity contribution is 7.88. The second-order valence-corrected chi connectivity index (χ2v) is 10.0. The van der Waals surface area contributed by atoms with Gasteiger partial charge in [0.25, 0.3) is 5.91 Å². The largest absolute Gasteiger partial charge is 0.353 e. The van der Waals surface area contributed by atoms with Crippen molar-refractivity contribution in [3.05, 3.63) is 21.9 Å². The molecule has 1 aromatic heterocycles. The van der Waals surface area contributed by atoms with Crippen LogP contribution in [0.15, 0.2) is 12.1 Å². The minimum atomic E-state index is -3.19. The number of likely N-dealkylation sites (tertiary alicyclic amines) is 1. The molecule has 0 spiro atoms. The number of nitrogens with zero attached hydrogens (tertiary/aromatic N) is 1. The first kappa shape index (κ1) is 19.3. The second kappa shape index (κ2) is 8.06. The highest BCUT2D eigenvalue weighted by atomic mass is 32.2. The zero-order valence-corrected chi connectivity index (χ0v) is 16.5. The summed E-state index contributed by atoms with van der Waals surface area (Å²) in [5, 5.41) is 3.09. The minimum absolute atomic E-state index is 0.0179. The molecule has 1 saturated carbocycles. The molecular weight excluding hydrogens is 374 g/mol. The third-order valence-corrected chi connectivity index (χ3v) is 6.55. The molecule has 0 bridgehead atoms. The molecule has 0 radical (unpaired) electrons. The molecule has 9 heteroatoms. The molecule has 0 aromatic carbocycles. The van der Waals surface area contributed by atoms with Gasteiger partial charge in [-0.2, -0.15) is 0 Å². The lowest BCUT2D eigenvalue weighted by Crippen LogP contribution is -2.46. The van der Waals surface area contributed by atoms with Crippen molar-refractivity contribution in [2.75, 3.05) is 25.9 Å². The van der Waals surface area contributed by atoms with Crippen molar-refractivity contribution in [2.24, 2.45) is 5.92 Å². The smallest absolute Gasteiger partial charge is 0.263 e. The molecule has 2 fully saturated rings. The first-order valence-electron chi connectivity index (χ1n) is 8.95. The van der Waals surface area contributed by atoms with E-state index < -0.39 is 10.0 Å². The summed E-state index contributed by atoms with van der Waals surface area (Å²) >= 11 is 1.41. The number of rotatable bonds is 7. The fourth-order valence-electron chi connectivity index (χ4n) is 3.03. The van der Waals surface area contributed by atoms with Gasteiger partial charge in [-0.3, -0.25) is 9.59 Å². The minimum Gasteiger partial charge on any atom is -0.353 e. The van der Waals surface area contributed by atoms with Crippen LogP contribution in [0.1, 0.15) is 40.2 Å². The molecule has 1 saturated heterocycles. The third-order valence-electron chi connectivity index (χ3n) is 4.68. The van der Waals surface area contributed by atoms with Crippen molar-refractivity contribution in [1.82, 2.24) is 14.9 Å². The van der Waals surface area contributed by atoms with Crippen LogP contribution in [0, 0.1) is 5.92 Å². The Hall–Kier alpha value is -1.45. The predicted molar refractivity (Wildman–Crippen MR) is 101 cm³/mol. The molecule has 26 heavy (non-hydrogen) atoms. The summed E-state index contributed by atoms with van der Waals surface area (Å²) in [6, 6.07) is 3.86. The van der Waals surface area contributed by atoms with Gasteiger partial charge in [-0.15, -0.1) is 11.3 Å². The van der Waals surface area contributed by atoms with E-state index in [4.69, 9.17) is 0 Å². The van der Waals surface area contributed by atoms with E-state index in [2.05, 4.69) is 10.0 Å². The molecule has 1 aliphatic heterocycles. The molecule has 1 aliphatic carbocycles. The van der Waals surface area contributed by atoms with E-state index in [0.717, 1.165) is 36.8 Å². The van der Waals surface area contributed by atoms with Crippen molar-refractivity contribution in [3.63, 3.8) is 0 Å². The fraction of sp³-hybridized carbons (Fsp3) is 0.647. The Bertz CT molecular complexity index is 763. The highest BCUT2D eigenvalue weighted by Crippen LogP contribution is 2.29. The van der Waals surface area contributed by atoms with Crippen LogP contribution in [-0.2, 0) is 21.2 Å². The SMILES string of the molecule is CS(=O)(=O)NCCc1ccc(C(=O)N2CCC(NC(=O)C3CC3)CC2)s1. The number of nitrogens with one attached hydrogen (secondary N) is 2. The normalized spacial score (nSPS) is 18.7. The average Bonchev–Trinajstić information content (AvgIpc) is 3.33. The Morgan fingerprint density at radius 1 is 1.19 bits per heavy atom. The molecule has 1 aromatic rings. The number of sulfonamides is 1. The van der Waals surface area contributed by atoms with Crippen LogP contribution in [0.2, 0.25) is 0 Å². The Kier molecular flexibility index (Phi) is 5.99. The van der Waals surface area contributed by atoms with Crippen LogP contribution < -0.4 is 10.0 Å². The highest BCUT2D eigenvalue weighted by Gasteiger charge is 2.32. The number of piperidine rings is 1. The van der Waals surface area contributed by atoms with Gasteiger partial charge in [0.2, 0.25) is 15.9 Å². The van der Waals surface area contributed by atoms with E-state index in [1.165, 1.54) is 11.3 Å². The molecule has 2 amide bonds. The van der Waals surface area contributed by atoms with Crippen LogP contribution in [0.4, 0.5) is 0 Å². The molecule has 144 valence electrons. The van der Waals surface area contributed by atoms with E-state index in [9.17, 15) is 18.0 Å². The Morgan fingerprint density at radius 2 is 1.88 bits per heavy atom. The van der Waals surface area contributed by atoms with Gasteiger partial charge in [-0.05, 0) is 44.2 Å². The number of carbonyl (C=O) groups excluding carboxylic acids is 2. The summed E-state index contributed by atoms with van der Waals surface area (Å²) in [6.45, 7) is 1.63. The van der Waals surface area contributed by atoms with Crippen LogP contribution >= 0.6 is 11.3 Å². The summed E-state index contributed by atoms with van der Waals surface area (Å²) in [5.74, 6) is 0.404. The van der Waals surface area contributed by atoms with E-state index >= 15 is 0 Å². The zero-order chi connectivity index (χ0) is 18.7. The standard InChI is InChI=1S/C17H25N3O4S2/c1-26(23,24)18-9-6-14-4-5-15(25-14)17(22)20-10-7-13(8-11-20)19-16(21)12-2-3-12/h4-5,12-13,18H,2-3,6-11H2,1H3,(H,19,21). The quantitative estimate of drug-likeness (QED) is 0.714. The topological polar surface area (TPSA) is 95.6 Å². The van der Waals surface area contributed by atoms with E-state index in [-0.39, 0.29) is 23.8 Å². The van der Waals surface area contributed by atoms with E-state index in [0.29, 0.717) is 30.9 Å². The van der Waals surface area contributed by atoms with E-state index in [1.54, 1.807) is 0 Å². The van der Waals surface area contributed by atoms with Crippen molar-refractivity contribution < 1.29 is 18.0 Å². The summed E-state index contributed by atoms with van der Waals surface area (Å²) in [4.78, 5) is 28.0. The monoisotopic (exact) mass is 399 g/mol. The van der Waals surface area contributed by atoms with Crippen molar-refractivity contribution >= 4 is 33.2 Å². The molecule has 3 rings (SSSR count). The zero-order valence-electron chi connectivity index (χ0n) is 14.9. The van der Waals surface area contributed by atoms with Gasteiger partial charge in [0.05, 0.1) is 11.1 Å². The maximum atomic E-state index is 12.6. The second-order valence-electron chi connectivity index (χ2n) is 7.03. The van der Waals surface area contributed by atoms with Crippen LogP contribution in [-0.4, -0.2) is 57.1 Å². The van der Waals surface area contributed by atoms with E-state index in [1.807, 2.05) is 17.0 Å². The number of amides is 2. The number of hydrogen-bond acceptors (Lipinski definition) is 5. The van der Waals surface area contributed by atoms with Gasteiger partial charge in [0.1, 0.15) is 0 Å². The Morgan fingerprint density at radius 3 is 2.50 bits per heavy atom. The molecule has 7 nitrogen and oxygen atoms in total. The first-order valence-corrected chi connectivity index (χ1v) is 11.7. The Balaban J connectivity index is 1.45. The summed E-state index contributed by atoms with van der Waals surface area (Å²) in [7, 11) is -3.19. The fourth-order valence-corrected chi connectivity index (χ4v) is 4.48. The molecular formula is C17H25N3O4S2. The molecule has 2 aliphatic rings. The lowest BCUT2D eigenvalue weighted by Gasteiger charge is -2.32. The van der Waals surface area contributed by atoms with Gasteiger partial charge in [-0.25, -0.2) is 13.1 Å². The maximum Gasteiger partial charge on any atom is 0.263 e. The van der Waals surface area contributed by atoms with Crippen LogP contribution in [0.25, 0.3) is 0 Å². The Labute approximate surface area is 158 Å². The maximum absolute atomic E-state index is 12.6. The lowest BCUT2D eigenvalue weighted by molar-refractivity contribution is -0.123. The lowest BCUT2D eigenvalue weighted by atomic mass is 10.0. The van der Waals surface area contributed by atoms with Crippen LogP contribution in [0.5, 0.6) is 0 Å². The van der Waals surface area contributed by atoms with Gasteiger partial charge in [0.15, 0.2) is 0 Å². The van der Waals surface area contributed by atoms with Crippen LogP contribution in [0.3, 0.4) is 0 Å². The summed E-state index contributed by atoms with van der Waals surface area (Å²) < 4.78 is 24.6. The van der Waals surface area contributed by atoms with Crippen molar-refractivity contribution in [2.45, 2.75) is 38.1 Å². The predicted octanol–water partition coefficient (Wildman–Crippen LogP) is 0.971. The third kappa shape index (κ3) is 5.52. The number of carbonyl (C=O) groups is 2. The molecule has 0 atom stereocenters. The van der Waals surface area contributed by atoms with Gasteiger partial charge in [-0.1, -0.05) is 0 Å². The molecule has 0 unspecified atom stereocenters. The summed E-state index contributed by atoms with van der Waals surface area (Å²) in [5.41, 5.74) is 0. The van der Waals surface area contributed by atoms with Crippen molar-refractivity contribution in [3.8, 4) is 0 Å². The molecule has 2 heterocycles. The van der Waals surface area contributed by atoms with Crippen molar-refractivity contribution in [1.29, 1.82) is 0 Å². The summed E-state index contributed by atoms with van der Waals surface area (Å²) in [6.07, 6.45) is 5.29. The number of thiophene rings is 1. The molecule has 2 N–H and O–H groups in total.